The van der Waals surface area contributed by atoms with Crippen molar-refractivity contribution in [2.45, 2.75) is 26.3 Å². The fourth-order valence-corrected chi connectivity index (χ4v) is 2.58. The van der Waals surface area contributed by atoms with Crippen LogP contribution in [0.5, 0.6) is 0 Å². The molecule has 0 radical (unpaired) electrons. The van der Waals surface area contributed by atoms with Gasteiger partial charge in [-0.15, -0.1) is 5.10 Å². The first-order chi connectivity index (χ1) is 7.72. The van der Waals surface area contributed by atoms with Gasteiger partial charge in [-0.05, 0) is 24.9 Å². The first-order valence-electron chi connectivity index (χ1n) is 5.56. The summed E-state index contributed by atoms with van der Waals surface area (Å²) in [7, 11) is 0. The number of aromatic nitrogens is 2. The van der Waals surface area contributed by atoms with Gasteiger partial charge in [-0.25, -0.2) is 0 Å². The van der Waals surface area contributed by atoms with Crippen molar-refractivity contribution in [3.63, 3.8) is 0 Å². The van der Waals surface area contributed by atoms with Crippen LogP contribution in [0.1, 0.15) is 29.2 Å². The Labute approximate surface area is 99.0 Å². The van der Waals surface area contributed by atoms with Gasteiger partial charge >= 0.3 is 0 Å². The molecule has 1 aliphatic rings. The van der Waals surface area contributed by atoms with Crippen molar-refractivity contribution in [1.29, 1.82) is 0 Å². The van der Waals surface area contributed by atoms with Crippen LogP contribution in [0.4, 0.5) is 0 Å². The highest BCUT2D eigenvalue weighted by Crippen LogP contribution is 2.15. The second kappa shape index (κ2) is 4.88. The Hall–Kier alpha value is -1.01. The zero-order valence-corrected chi connectivity index (χ0v) is 10.4. The van der Waals surface area contributed by atoms with Gasteiger partial charge < -0.3 is 10.2 Å². The Balaban J connectivity index is 2.12. The number of aryl methyl sites for hydroxylation is 1. The number of nitrogens with zero attached hydrogens (tertiary/aromatic N) is 3. The summed E-state index contributed by atoms with van der Waals surface area (Å²) in [5.41, 5.74) is 0.821. The minimum atomic E-state index is 0.0835. The molecule has 1 N–H and O–H groups in total. The van der Waals surface area contributed by atoms with E-state index in [-0.39, 0.29) is 5.91 Å². The number of rotatable bonds is 2. The maximum atomic E-state index is 12.2. The summed E-state index contributed by atoms with van der Waals surface area (Å²) < 4.78 is 3.86. The fourth-order valence-electron chi connectivity index (χ4n) is 1.86. The Kier molecular flexibility index (Phi) is 3.50. The van der Waals surface area contributed by atoms with E-state index in [0.717, 1.165) is 31.7 Å². The molecule has 1 saturated heterocycles. The van der Waals surface area contributed by atoms with E-state index in [9.17, 15) is 4.79 Å². The van der Waals surface area contributed by atoms with Crippen LogP contribution in [0.15, 0.2) is 0 Å². The minimum Gasteiger partial charge on any atom is -0.335 e. The quantitative estimate of drug-likeness (QED) is 0.819. The van der Waals surface area contributed by atoms with Crippen LogP contribution in [-0.2, 0) is 6.42 Å². The van der Waals surface area contributed by atoms with Gasteiger partial charge in [-0.2, -0.15) is 0 Å². The minimum absolute atomic E-state index is 0.0835. The van der Waals surface area contributed by atoms with Crippen LogP contribution in [0.25, 0.3) is 0 Å². The van der Waals surface area contributed by atoms with Crippen molar-refractivity contribution in [3.8, 4) is 0 Å². The summed E-state index contributed by atoms with van der Waals surface area (Å²) in [6, 6.07) is 0.364. The molecule has 0 saturated carbocycles. The molecule has 16 heavy (non-hydrogen) atoms. The van der Waals surface area contributed by atoms with E-state index in [1.807, 2.05) is 11.8 Å². The highest BCUT2D eigenvalue weighted by atomic mass is 32.1. The molecule has 1 fully saturated rings. The van der Waals surface area contributed by atoms with Crippen molar-refractivity contribution in [3.05, 3.63) is 10.6 Å². The number of carbonyl (C=O) groups is 1. The first kappa shape index (κ1) is 11.5. The molecular weight excluding hydrogens is 224 g/mol. The molecule has 1 aromatic rings. The van der Waals surface area contributed by atoms with Gasteiger partial charge in [0.1, 0.15) is 4.88 Å². The van der Waals surface area contributed by atoms with E-state index >= 15 is 0 Å². The molecular formula is C10H16N4OS. The zero-order chi connectivity index (χ0) is 11.5. The van der Waals surface area contributed by atoms with Crippen molar-refractivity contribution >= 4 is 17.4 Å². The Morgan fingerprint density at radius 2 is 2.50 bits per heavy atom. The van der Waals surface area contributed by atoms with E-state index in [2.05, 4.69) is 21.8 Å². The Morgan fingerprint density at radius 1 is 1.69 bits per heavy atom. The third kappa shape index (κ3) is 2.22. The highest BCUT2D eigenvalue weighted by molar-refractivity contribution is 7.08. The van der Waals surface area contributed by atoms with Gasteiger partial charge in [-0.1, -0.05) is 11.4 Å². The van der Waals surface area contributed by atoms with Crippen LogP contribution >= 0.6 is 11.5 Å². The van der Waals surface area contributed by atoms with Crippen molar-refractivity contribution < 1.29 is 4.79 Å². The van der Waals surface area contributed by atoms with Gasteiger partial charge in [0.15, 0.2) is 0 Å². The molecule has 1 aliphatic heterocycles. The van der Waals surface area contributed by atoms with E-state index < -0.39 is 0 Å². The number of piperazine rings is 1. The second-order valence-corrected chi connectivity index (χ2v) is 4.76. The summed E-state index contributed by atoms with van der Waals surface area (Å²) in [4.78, 5) is 14.8. The van der Waals surface area contributed by atoms with Crippen LogP contribution in [0.3, 0.4) is 0 Å². The van der Waals surface area contributed by atoms with E-state index in [0.29, 0.717) is 10.9 Å². The molecule has 2 heterocycles. The summed E-state index contributed by atoms with van der Waals surface area (Å²) in [6.07, 6.45) is 0.763. The molecule has 1 aromatic heterocycles. The molecule has 0 unspecified atom stereocenters. The lowest BCUT2D eigenvalue weighted by Gasteiger charge is -2.31. The van der Waals surface area contributed by atoms with Crippen molar-refractivity contribution in [2.24, 2.45) is 0 Å². The molecule has 1 atom stereocenters. The highest BCUT2D eigenvalue weighted by Gasteiger charge is 2.25. The average molecular weight is 240 g/mol. The third-order valence-corrected chi connectivity index (χ3v) is 3.50. The number of hydrogen-bond donors (Lipinski definition) is 1. The van der Waals surface area contributed by atoms with Gasteiger partial charge in [0.05, 0.1) is 5.69 Å². The summed E-state index contributed by atoms with van der Waals surface area (Å²) in [5.74, 6) is 0.0835. The maximum Gasteiger partial charge on any atom is 0.267 e. The first-order valence-corrected chi connectivity index (χ1v) is 6.33. The van der Waals surface area contributed by atoms with Crippen LogP contribution < -0.4 is 5.32 Å². The maximum absolute atomic E-state index is 12.2. The number of hydrogen-bond acceptors (Lipinski definition) is 5. The fraction of sp³-hybridized carbons (Fsp3) is 0.700. The molecule has 0 spiro atoms. The monoisotopic (exact) mass is 240 g/mol. The molecule has 5 nitrogen and oxygen atoms in total. The van der Waals surface area contributed by atoms with Gasteiger partial charge in [0.2, 0.25) is 0 Å². The molecule has 6 heteroatoms. The van der Waals surface area contributed by atoms with Crippen molar-refractivity contribution in [1.82, 2.24) is 19.8 Å². The summed E-state index contributed by atoms with van der Waals surface area (Å²) in [6.45, 7) is 6.48. The lowest BCUT2D eigenvalue weighted by molar-refractivity contribution is 0.0712. The molecule has 88 valence electrons. The predicted molar refractivity (Wildman–Crippen MR) is 62.7 cm³/mol. The molecule has 1 amide bonds. The average Bonchev–Trinajstić information content (AvgIpc) is 2.76. The standard InChI is InChI=1S/C10H16N4OS/c1-3-8-9(16-13-12-8)10(15)14-5-4-11-7(2)6-14/h7,11H,3-6H2,1-2H3/t7-/m1/s1. The largest absolute Gasteiger partial charge is 0.335 e. The second-order valence-electron chi connectivity index (χ2n) is 4.01. The molecule has 0 bridgehead atoms. The van der Waals surface area contributed by atoms with Crippen LogP contribution in [0, 0.1) is 0 Å². The lowest BCUT2D eigenvalue weighted by Crippen LogP contribution is -2.51. The Morgan fingerprint density at radius 3 is 3.19 bits per heavy atom. The normalized spacial score (nSPS) is 21.1. The smallest absolute Gasteiger partial charge is 0.267 e. The number of amides is 1. The van der Waals surface area contributed by atoms with Crippen molar-refractivity contribution in [2.75, 3.05) is 19.6 Å². The topological polar surface area (TPSA) is 58.1 Å². The van der Waals surface area contributed by atoms with Crippen LogP contribution in [-0.4, -0.2) is 46.1 Å². The van der Waals surface area contributed by atoms with Gasteiger partial charge in [0.25, 0.3) is 5.91 Å². The molecule has 0 aliphatic carbocycles. The van der Waals surface area contributed by atoms with Gasteiger partial charge in [0, 0.05) is 25.7 Å². The number of nitrogens with one attached hydrogen (secondary N) is 1. The van der Waals surface area contributed by atoms with Crippen LogP contribution in [0.2, 0.25) is 0 Å². The lowest BCUT2D eigenvalue weighted by atomic mass is 10.2. The van der Waals surface area contributed by atoms with E-state index in [1.54, 1.807) is 0 Å². The Bertz CT molecular complexity index is 379. The van der Waals surface area contributed by atoms with E-state index in [1.165, 1.54) is 11.5 Å². The van der Waals surface area contributed by atoms with E-state index in [4.69, 9.17) is 0 Å². The summed E-state index contributed by atoms with van der Waals surface area (Å²) in [5, 5.41) is 7.29. The zero-order valence-electron chi connectivity index (χ0n) is 9.56. The SMILES string of the molecule is CCc1nnsc1C(=O)N1CCN[C@H](C)C1. The number of carbonyl (C=O) groups excluding carboxylic acids is 1. The molecule has 0 aromatic carbocycles. The molecule has 2 rings (SSSR count). The van der Waals surface area contributed by atoms with Gasteiger partial charge in [-0.3, -0.25) is 4.79 Å². The third-order valence-electron chi connectivity index (χ3n) is 2.74. The predicted octanol–water partition coefficient (Wildman–Crippen LogP) is 0.534. The summed E-state index contributed by atoms with van der Waals surface area (Å²) >= 11 is 1.20.